The fourth-order valence-corrected chi connectivity index (χ4v) is 6.13. The van der Waals surface area contributed by atoms with Crippen LogP contribution >= 0.6 is 0 Å². The fraction of sp³-hybridized carbons (Fsp3) is 0.895. The molecule has 0 heterocycles. The Morgan fingerprint density at radius 1 is 1.12 bits per heavy atom. The summed E-state index contributed by atoms with van der Waals surface area (Å²) in [6.45, 7) is 0. The number of rotatable bonds is 4. The Bertz CT molecular complexity index is 548. The van der Waals surface area contributed by atoms with Crippen molar-refractivity contribution in [2.45, 2.75) is 82.3 Å². The number of carbonyl (C=O) groups excluding carboxylic acids is 1. The van der Waals surface area contributed by atoms with Gasteiger partial charge in [0.25, 0.3) is 0 Å². The molecular weight excluding hydrogens is 306 g/mol. The molecule has 0 saturated heterocycles. The van der Waals surface area contributed by atoms with E-state index in [9.17, 15) is 14.7 Å². The highest BCUT2D eigenvalue weighted by molar-refractivity contribution is 6.03. The standard InChI is InChI=1S/C19H29NO4/c1-24-18-7-2-4-13(9-18)8-14(10-18)20-15(21)19(16(22)23)11-17(12-19)5-3-6-17/h13-14H,2-12H2,1H3,(H,20,21)(H,22,23)/t13-,14-,18+/m1/s1. The van der Waals surface area contributed by atoms with Crippen LogP contribution in [0.1, 0.15) is 70.6 Å². The van der Waals surface area contributed by atoms with Crippen LogP contribution in [-0.2, 0) is 14.3 Å². The normalized spacial score (nSPS) is 38.7. The minimum atomic E-state index is -1.17. The van der Waals surface area contributed by atoms with Crippen LogP contribution in [0.4, 0.5) is 0 Å². The number of amides is 1. The van der Waals surface area contributed by atoms with E-state index in [2.05, 4.69) is 5.32 Å². The van der Waals surface area contributed by atoms with E-state index in [4.69, 9.17) is 4.74 Å². The Labute approximate surface area is 143 Å². The van der Waals surface area contributed by atoms with Crippen LogP contribution in [0.25, 0.3) is 0 Å². The number of carboxylic acid groups (broad SMARTS) is 1. The number of hydrogen-bond acceptors (Lipinski definition) is 3. The van der Waals surface area contributed by atoms with Crippen LogP contribution in [-0.4, -0.2) is 35.7 Å². The lowest BCUT2D eigenvalue weighted by molar-refractivity contribution is -0.182. The maximum Gasteiger partial charge on any atom is 0.319 e. The van der Waals surface area contributed by atoms with E-state index in [1.54, 1.807) is 7.11 Å². The SMILES string of the molecule is CO[C@]12CCC[C@H](C[C@@H](NC(=O)C3(C(=O)O)CC4(CCC4)C3)C1)C2. The Morgan fingerprint density at radius 2 is 1.88 bits per heavy atom. The van der Waals surface area contributed by atoms with Crippen molar-refractivity contribution in [3.8, 4) is 0 Å². The largest absolute Gasteiger partial charge is 0.480 e. The number of hydrogen-bond donors (Lipinski definition) is 2. The van der Waals surface area contributed by atoms with Gasteiger partial charge in [-0.2, -0.15) is 0 Å². The van der Waals surface area contributed by atoms with Gasteiger partial charge in [0.05, 0.1) is 5.60 Å². The van der Waals surface area contributed by atoms with E-state index in [0.29, 0.717) is 18.8 Å². The zero-order valence-electron chi connectivity index (χ0n) is 14.6. The predicted octanol–water partition coefficient (Wildman–Crippen LogP) is 2.88. The molecule has 2 N–H and O–H groups in total. The molecule has 0 radical (unpaired) electrons. The highest BCUT2D eigenvalue weighted by Crippen LogP contribution is 2.64. The summed E-state index contributed by atoms with van der Waals surface area (Å²) < 4.78 is 5.83. The second kappa shape index (κ2) is 5.45. The highest BCUT2D eigenvalue weighted by Gasteiger charge is 2.65. The minimum absolute atomic E-state index is 0.0608. The molecule has 4 fully saturated rings. The highest BCUT2D eigenvalue weighted by atomic mass is 16.5. The second-order valence-electron chi connectivity index (χ2n) is 9.05. The van der Waals surface area contributed by atoms with Crippen molar-refractivity contribution in [3.05, 3.63) is 0 Å². The monoisotopic (exact) mass is 335 g/mol. The molecular formula is C19H29NO4. The van der Waals surface area contributed by atoms with Gasteiger partial charge in [-0.1, -0.05) is 19.3 Å². The quantitative estimate of drug-likeness (QED) is 0.775. The van der Waals surface area contributed by atoms with Crippen LogP contribution in [0.5, 0.6) is 0 Å². The summed E-state index contributed by atoms with van der Waals surface area (Å²) >= 11 is 0. The topological polar surface area (TPSA) is 75.6 Å². The summed E-state index contributed by atoms with van der Waals surface area (Å²) in [6, 6.07) is 0.0608. The van der Waals surface area contributed by atoms with Gasteiger partial charge in [-0.05, 0) is 62.7 Å². The first-order chi connectivity index (χ1) is 11.4. The maximum absolute atomic E-state index is 12.9. The van der Waals surface area contributed by atoms with Crippen LogP contribution in [0.2, 0.25) is 0 Å². The predicted molar refractivity (Wildman–Crippen MR) is 88.4 cm³/mol. The summed E-state index contributed by atoms with van der Waals surface area (Å²) in [5, 5.41) is 12.8. The van der Waals surface area contributed by atoms with E-state index in [1.807, 2.05) is 0 Å². The third-order valence-electron chi connectivity index (χ3n) is 7.52. The Hall–Kier alpha value is -1.10. The summed E-state index contributed by atoms with van der Waals surface area (Å²) in [4.78, 5) is 24.7. The number of aliphatic carboxylic acids is 1. The van der Waals surface area contributed by atoms with Gasteiger partial charge < -0.3 is 15.2 Å². The van der Waals surface area contributed by atoms with Gasteiger partial charge in [0.2, 0.25) is 5.91 Å². The molecule has 0 aromatic carbocycles. The van der Waals surface area contributed by atoms with Crippen molar-refractivity contribution in [1.82, 2.24) is 5.32 Å². The molecule has 3 atom stereocenters. The summed E-state index contributed by atoms with van der Waals surface area (Å²) in [5.41, 5.74) is -1.12. The molecule has 1 spiro atoms. The van der Waals surface area contributed by atoms with E-state index in [1.165, 1.54) is 19.3 Å². The van der Waals surface area contributed by atoms with Crippen molar-refractivity contribution in [2.24, 2.45) is 16.7 Å². The molecule has 4 aliphatic carbocycles. The average Bonchev–Trinajstić information content (AvgIpc) is 2.44. The summed E-state index contributed by atoms with van der Waals surface area (Å²) in [7, 11) is 1.78. The molecule has 0 aromatic rings. The number of nitrogens with one attached hydrogen (secondary N) is 1. The third-order valence-corrected chi connectivity index (χ3v) is 7.52. The average molecular weight is 335 g/mol. The molecule has 0 aliphatic heterocycles. The Balaban J connectivity index is 1.44. The molecule has 5 nitrogen and oxygen atoms in total. The zero-order chi connectivity index (χ0) is 17.0. The number of methoxy groups -OCH3 is 1. The van der Waals surface area contributed by atoms with Gasteiger partial charge in [-0.25, -0.2) is 0 Å². The van der Waals surface area contributed by atoms with Gasteiger partial charge in [0, 0.05) is 13.2 Å². The zero-order valence-corrected chi connectivity index (χ0v) is 14.6. The van der Waals surface area contributed by atoms with Crippen molar-refractivity contribution >= 4 is 11.9 Å². The first-order valence-electron chi connectivity index (χ1n) is 9.51. The third kappa shape index (κ3) is 2.39. The van der Waals surface area contributed by atoms with Crippen molar-refractivity contribution in [2.75, 3.05) is 7.11 Å². The molecule has 1 amide bonds. The smallest absolute Gasteiger partial charge is 0.319 e. The van der Waals surface area contributed by atoms with Crippen molar-refractivity contribution in [3.63, 3.8) is 0 Å². The number of carbonyl (C=O) groups is 2. The van der Waals surface area contributed by atoms with Crippen molar-refractivity contribution < 1.29 is 19.4 Å². The molecule has 134 valence electrons. The Morgan fingerprint density at radius 3 is 2.46 bits per heavy atom. The van der Waals surface area contributed by atoms with Crippen LogP contribution in [0, 0.1) is 16.7 Å². The maximum atomic E-state index is 12.9. The minimum Gasteiger partial charge on any atom is -0.480 e. The Kier molecular flexibility index (Phi) is 3.72. The second-order valence-corrected chi connectivity index (χ2v) is 9.05. The summed E-state index contributed by atoms with van der Waals surface area (Å²) in [6.07, 6.45) is 10.8. The number of ether oxygens (including phenoxy) is 1. The van der Waals surface area contributed by atoms with E-state index < -0.39 is 11.4 Å². The van der Waals surface area contributed by atoms with Gasteiger partial charge in [0.1, 0.15) is 5.41 Å². The molecule has 4 rings (SSSR count). The summed E-state index contributed by atoms with van der Waals surface area (Å²) in [5.74, 6) is -0.586. The van der Waals surface area contributed by atoms with Gasteiger partial charge in [-0.15, -0.1) is 0 Å². The van der Waals surface area contributed by atoms with E-state index in [0.717, 1.165) is 38.5 Å². The van der Waals surface area contributed by atoms with Crippen LogP contribution in [0.15, 0.2) is 0 Å². The molecule has 0 aromatic heterocycles. The first kappa shape index (κ1) is 16.4. The molecule has 4 aliphatic rings. The lowest BCUT2D eigenvalue weighted by Crippen LogP contribution is -2.63. The van der Waals surface area contributed by atoms with Crippen molar-refractivity contribution in [1.29, 1.82) is 0 Å². The number of fused-ring (bicyclic) bond motifs is 2. The van der Waals surface area contributed by atoms with Gasteiger partial charge >= 0.3 is 5.97 Å². The first-order valence-corrected chi connectivity index (χ1v) is 9.51. The molecule has 4 saturated carbocycles. The molecule has 0 unspecified atom stereocenters. The van der Waals surface area contributed by atoms with Crippen LogP contribution < -0.4 is 5.32 Å². The van der Waals surface area contributed by atoms with Gasteiger partial charge in [0.15, 0.2) is 0 Å². The fourth-order valence-electron chi connectivity index (χ4n) is 6.13. The molecule has 2 bridgehead atoms. The number of carboxylic acids is 1. The lowest BCUT2D eigenvalue weighted by Gasteiger charge is -2.58. The van der Waals surface area contributed by atoms with Crippen LogP contribution in [0.3, 0.4) is 0 Å². The van der Waals surface area contributed by atoms with E-state index >= 15 is 0 Å². The lowest BCUT2D eigenvalue weighted by atomic mass is 9.45. The molecule has 24 heavy (non-hydrogen) atoms. The van der Waals surface area contributed by atoms with Gasteiger partial charge in [-0.3, -0.25) is 9.59 Å². The molecule has 5 heteroatoms. The van der Waals surface area contributed by atoms with E-state index in [-0.39, 0.29) is 23.0 Å².